The normalized spacial score (nSPS) is 14.1. The third-order valence-corrected chi connectivity index (χ3v) is 1.34. The van der Waals surface area contributed by atoms with Crippen LogP contribution < -0.4 is 5.73 Å². The minimum absolute atomic E-state index is 0.281. The molecule has 0 fully saturated rings. The SMILES string of the molecule is NCC(O)CCI. The van der Waals surface area contributed by atoms with E-state index in [-0.39, 0.29) is 6.10 Å². The Morgan fingerprint density at radius 2 is 2.29 bits per heavy atom. The van der Waals surface area contributed by atoms with E-state index in [0.717, 1.165) is 10.8 Å². The number of aliphatic hydroxyl groups is 1. The van der Waals surface area contributed by atoms with Crippen LogP contribution in [0.5, 0.6) is 0 Å². The van der Waals surface area contributed by atoms with Gasteiger partial charge in [-0.25, -0.2) is 0 Å². The minimum Gasteiger partial charge on any atom is -0.392 e. The number of hydrogen-bond donors (Lipinski definition) is 2. The molecule has 0 heterocycles. The molecule has 7 heavy (non-hydrogen) atoms. The molecule has 0 aliphatic carbocycles. The van der Waals surface area contributed by atoms with Gasteiger partial charge < -0.3 is 10.8 Å². The van der Waals surface area contributed by atoms with Crippen LogP contribution in [0.3, 0.4) is 0 Å². The monoisotopic (exact) mass is 215 g/mol. The molecule has 0 amide bonds. The van der Waals surface area contributed by atoms with E-state index in [2.05, 4.69) is 22.6 Å². The van der Waals surface area contributed by atoms with Crippen LogP contribution in [0.4, 0.5) is 0 Å². The first-order valence-electron chi connectivity index (χ1n) is 2.25. The summed E-state index contributed by atoms with van der Waals surface area (Å²) in [6, 6.07) is 0. The molecule has 0 aliphatic heterocycles. The summed E-state index contributed by atoms with van der Waals surface area (Å²) in [5.74, 6) is 0. The lowest BCUT2D eigenvalue weighted by molar-refractivity contribution is 0.181. The van der Waals surface area contributed by atoms with Crippen LogP contribution in [0.2, 0.25) is 0 Å². The second-order valence-electron chi connectivity index (χ2n) is 1.37. The number of aliphatic hydroxyl groups excluding tert-OH is 1. The Kier molecular flexibility index (Phi) is 5.25. The molecule has 1 atom stereocenters. The molecule has 0 aromatic carbocycles. The van der Waals surface area contributed by atoms with Crippen LogP contribution in [0, 0.1) is 0 Å². The molecule has 0 aliphatic rings. The topological polar surface area (TPSA) is 46.2 Å². The maximum atomic E-state index is 8.73. The Morgan fingerprint density at radius 3 is 2.43 bits per heavy atom. The van der Waals surface area contributed by atoms with Crippen LogP contribution in [0.1, 0.15) is 6.42 Å². The zero-order valence-electron chi connectivity index (χ0n) is 4.10. The van der Waals surface area contributed by atoms with Gasteiger partial charge in [0.2, 0.25) is 0 Å². The van der Waals surface area contributed by atoms with Gasteiger partial charge in [0.1, 0.15) is 0 Å². The smallest absolute Gasteiger partial charge is 0.0669 e. The lowest BCUT2D eigenvalue weighted by atomic mass is 10.3. The first kappa shape index (κ1) is 7.65. The van der Waals surface area contributed by atoms with Crippen LogP contribution in [-0.2, 0) is 0 Å². The van der Waals surface area contributed by atoms with Crippen LogP contribution >= 0.6 is 22.6 Å². The zero-order chi connectivity index (χ0) is 5.70. The highest BCUT2D eigenvalue weighted by molar-refractivity contribution is 14.1. The predicted octanol–water partition coefficient (Wildman–Crippen LogP) is 0.131. The Bertz CT molecular complexity index is 42.7. The number of halogens is 1. The standard InChI is InChI=1S/C4H10INO/c5-2-1-4(7)3-6/h4,7H,1-3,6H2. The van der Waals surface area contributed by atoms with Crippen molar-refractivity contribution in [3.63, 3.8) is 0 Å². The molecular weight excluding hydrogens is 205 g/mol. The van der Waals surface area contributed by atoms with Gasteiger partial charge in [-0.05, 0) is 6.42 Å². The van der Waals surface area contributed by atoms with Crippen molar-refractivity contribution in [3.8, 4) is 0 Å². The molecule has 44 valence electrons. The van der Waals surface area contributed by atoms with E-state index < -0.39 is 0 Å². The van der Waals surface area contributed by atoms with Crippen molar-refractivity contribution in [2.24, 2.45) is 5.73 Å². The van der Waals surface area contributed by atoms with Gasteiger partial charge in [-0.2, -0.15) is 0 Å². The van der Waals surface area contributed by atoms with Crippen molar-refractivity contribution in [2.75, 3.05) is 11.0 Å². The number of hydrogen-bond acceptors (Lipinski definition) is 2. The van der Waals surface area contributed by atoms with E-state index in [9.17, 15) is 0 Å². The molecule has 3 heteroatoms. The lowest BCUT2D eigenvalue weighted by Crippen LogP contribution is -2.19. The highest BCUT2D eigenvalue weighted by Gasteiger charge is 1.95. The summed E-state index contributed by atoms with van der Waals surface area (Å²) in [6.07, 6.45) is 0.536. The summed E-state index contributed by atoms with van der Waals surface area (Å²) in [4.78, 5) is 0. The largest absolute Gasteiger partial charge is 0.392 e. The summed E-state index contributed by atoms with van der Waals surface area (Å²) in [6.45, 7) is 0.392. The van der Waals surface area contributed by atoms with Gasteiger partial charge in [-0.3, -0.25) is 0 Å². The second kappa shape index (κ2) is 4.80. The molecule has 2 nitrogen and oxygen atoms in total. The minimum atomic E-state index is -0.281. The molecule has 0 rings (SSSR count). The maximum Gasteiger partial charge on any atom is 0.0669 e. The van der Waals surface area contributed by atoms with Crippen molar-refractivity contribution < 1.29 is 5.11 Å². The van der Waals surface area contributed by atoms with E-state index in [1.807, 2.05) is 0 Å². The number of nitrogens with two attached hydrogens (primary N) is 1. The molecule has 3 N–H and O–H groups in total. The molecule has 0 saturated heterocycles. The van der Waals surface area contributed by atoms with Gasteiger partial charge in [0.05, 0.1) is 6.10 Å². The number of rotatable bonds is 3. The fourth-order valence-electron chi connectivity index (χ4n) is 0.244. The fourth-order valence-corrected chi connectivity index (χ4v) is 0.963. The molecule has 0 aromatic heterocycles. The van der Waals surface area contributed by atoms with Gasteiger partial charge in [-0.1, -0.05) is 22.6 Å². The Labute approximate surface area is 57.2 Å². The molecule has 0 bridgehead atoms. The molecule has 0 spiro atoms. The van der Waals surface area contributed by atoms with E-state index >= 15 is 0 Å². The molecule has 0 radical (unpaired) electrons. The van der Waals surface area contributed by atoms with Crippen LogP contribution in [0.25, 0.3) is 0 Å². The third-order valence-electron chi connectivity index (χ3n) is 0.714. The van der Waals surface area contributed by atoms with Crippen LogP contribution in [-0.4, -0.2) is 22.2 Å². The van der Waals surface area contributed by atoms with Crippen molar-refractivity contribution in [1.82, 2.24) is 0 Å². The van der Waals surface area contributed by atoms with Gasteiger partial charge in [0.25, 0.3) is 0 Å². The van der Waals surface area contributed by atoms with Gasteiger partial charge in [0, 0.05) is 11.0 Å². The van der Waals surface area contributed by atoms with Crippen molar-refractivity contribution >= 4 is 22.6 Å². The first-order chi connectivity index (χ1) is 3.31. The molecule has 0 saturated carbocycles. The average Bonchev–Trinajstić information content (AvgIpc) is 1.68. The van der Waals surface area contributed by atoms with E-state index in [0.29, 0.717) is 6.54 Å². The maximum absolute atomic E-state index is 8.73. The van der Waals surface area contributed by atoms with Crippen LogP contribution in [0.15, 0.2) is 0 Å². The molecule has 0 aromatic rings. The Balaban J connectivity index is 2.83. The Hall–Kier alpha value is 0.650. The van der Waals surface area contributed by atoms with E-state index in [4.69, 9.17) is 10.8 Å². The van der Waals surface area contributed by atoms with Crippen molar-refractivity contribution in [3.05, 3.63) is 0 Å². The Morgan fingerprint density at radius 1 is 1.71 bits per heavy atom. The fraction of sp³-hybridized carbons (Fsp3) is 1.00. The summed E-state index contributed by atoms with van der Waals surface area (Å²) < 4.78 is 0.982. The van der Waals surface area contributed by atoms with Gasteiger partial charge in [-0.15, -0.1) is 0 Å². The second-order valence-corrected chi connectivity index (χ2v) is 2.45. The highest BCUT2D eigenvalue weighted by atomic mass is 127. The van der Waals surface area contributed by atoms with Gasteiger partial charge >= 0.3 is 0 Å². The van der Waals surface area contributed by atoms with Crippen molar-refractivity contribution in [1.29, 1.82) is 0 Å². The summed E-state index contributed by atoms with van der Waals surface area (Å²) in [5, 5.41) is 8.73. The summed E-state index contributed by atoms with van der Waals surface area (Å²) in [5.41, 5.74) is 5.10. The molecular formula is C4H10INO. The molecule has 1 unspecified atom stereocenters. The third kappa shape index (κ3) is 4.50. The summed E-state index contributed by atoms with van der Waals surface area (Å²) >= 11 is 2.21. The van der Waals surface area contributed by atoms with E-state index in [1.54, 1.807) is 0 Å². The zero-order valence-corrected chi connectivity index (χ0v) is 6.26. The highest BCUT2D eigenvalue weighted by Crippen LogP contribution is 1.92. The first-order valence-corrected chi connectivity index (χ1v) is 3.78. The van der Waals surface area contributed by atoms with Crippen molar-refractivity contribution in [2.45, 2.75) is 12.5 Å². The quantitative estimate of drug-likeness (QED) is 0.519. The summed E-state index contributed by atoms with van der Waals surface area (Å²) in [7, 11) is 0. The average molecular weight is 215 g/mol. The van der Waals surface area contributed by atoms with Gasteiger partial charge in [0.15, 0.2) is 0 Å². The predicted molar refractivity (Wildman–Crippen MR) is 38.6 cm³/mol. The van der Waals surface area contributed by atoms with E-state index in [1.165, 1.54) is 0 Å². The lowest BCUT2D eigenvalue weighted by Gasteiger charge is -2.01. The number of alkyl halides is 1.